The molecule has 0 radical (unpaired) electrons. The lowest BCUT2D eigenvalue weighted by atomic mass is 9.47. The molecule has 0 spiro atoms. The third kappa shape index (κ3) is 5.96. The number of carbonyl (C=O) groups excluding carboxylic acids is 1. The Labute approximate surface area is 232 Å². The monoisotopic (exact) mass is 528 g/mol. The zero-order chi connectivity index (χ0) is 27.7. The topological polar surface area (TPSA) is 63.6 Å². The Bertz CT molecular complexity index is 876. The molecular weight excluding hydrogens is 472 g/mol. The van der Waals surface area contributed by atoms with Crippen molar-refractivity contribution in [2.45, 2.75) is 131 Å². The van der Waals surface area contributed by atoms with E-state index in [1.165, 1.54) is 51.4 Å². The molecule has 9 atom stereocenters. The minimum atomic E-state index is -0.915. The van der Waals surface area contributed by atoms with Crippen LogP contribution in [0.25, 0.3) is 0 Å². The molecule has 0 saturated heterocycles. The van der Waals surface area contributed by atoms with Crippen LogP contribution in [0, 0.1) is 52.3 Å². The molecule has 0 aromatic carbocycles. The molecular formula is C34H56O4. The van der Waals surface area contributed by atoms with E-state index in [1.807, 2.05) is 0 Å². The van der Waals surface area contributed by atoms with Crippen molar-refractivity contribution in [3.63, 3.8) is 0 Å². The smallest absolute Gasteiger partial charge is 0.309 e. The normalized spacial score (nSPS) is 38.1. The van der Waals surface area contributed by atoms with Crippen molar-refractivity contribution in [3.8, 4) is 0 Å². The minimum absolute atomic E-state index is 0.00153. The maximum atomic E-state index is 11.8. The largest absolute Gasteiger partial charge is 0.481 e. The zero-order valence-electron chi connectivity index (χ0n) is 25.3. The molecule has 2 unspecified atom stereocenters. The van der Waals surface area contributed by atoms with Gasteiger partial charge in [-0.1, -0.05) is 72.5 Å². The highest BCUT2D eigenvalue weighted by molar-refractivity contribution is 5.83. The van der Waals surface area contributed by atoms with E-state index in [-0.39, 0.29) is 30.3 Å². The van der Waals surface area contributed by atoms with E-state index >= 15 is 0 Å². The molecule has 38 heavy (non-hydrogen) atoms. The van der Waals surface area contributed by atoms with E-state index in [0.29, 0.717) is 11.8 Å². The highest BCUT2D eigenvalue weighted by Crippen LogP contribution is 2.67. The van der Waals surface area contributed by atoms with Crippen molar-refractivity contribution in [2.24, 2.45) is 52.3 Å². The maximum absolute atomic E-state index is 11.8. The number of carbonyl (C=O) groups is 2. The van der Waals surface area contributed by atoms with Crippen LogP contribution in [0.4, 0.5) is 0 Å². The summed E-state index contributed by atoms with van der Waals surface area (Å²) in [5, 5.41) is 9.57. The van der Waals surface area contributed by atoms with Crippen LogP contribution in [0.2, 0.25) is 0 Å². The SMILES string of the molecule is CCC(=O)CC(COC1CC[C@@]2(C)C(=CC[C@H]3[C@@H]4CC[C@H]([C@H](C)CCCC(C)C)[C@@]4(C)CC[C@@H]32)C1)C(=O)O. The van der Waals surface area contributed by atoms with Crippen LogP contribution in [0.15, 0.2) is 11.6 Å². The fraction of sp³-hybridized carbons (Fsp3) is 0.882. The second-order valence-electron chi connectivity index (χ2n) is 14.6. The summed E-state index contributed by atoms with van der Waals surface area (Å²) >= 11 is 0. The number of rotatable bonds is 12. The molecule has 3 saturated carbocycles. The molecule has 4 nitrogen and oxygen atoms in total. The Morgan fingerprint density at radius 3 is 2.50 bits per heavy atom. The molecule has 4 aliphatic rings. The standard InChI is InChI=1S/C34H56O4/c1-7-26(35)19-24(32(36)37)21-38-27-15-17-33(5)25(20-27)11-12-28-30-14-13-29(23(4)10-8-9-22(2)3)34(30,6)18-16-31(28)33/h11,22-24,27-31H,7-10,12-21H2,1-6H3,(H,36,37)/t23-,24?,27?,28+,29-,30+,31+,33+,34-/m1/s1. The van der Waals surface area contributed by atoms with E-state index in [9.17, 15) is 14.7 Å². The van der Waals surface area contributed by atoms with Crippen LogP contribution < -0.4 is 0 Å². The highest BCUT2D eigenvalue weighted by atomic mass is 16.5. The van der Waals surface area contributed by atoms with Gasteiger partial charge in [0.15, 0.2) is 0 Å². The molecule has 0 heterocycles. The first-order chi connectivity index (χ1) is 18.0. The minimum Gasteiger partial charge on any atom is -0.481 e. The fourth-order valence-corrected chi connectivity index (χ4v) is 9.68. The fourth-order valence-electron chi connectivity index (χ4n) is 9.68. The number of carboxylic acid groups (broad SMARTS) is 1. The maximum Gasteiger partial charge on any atom is 0.309 e. The number of hydrogen-bond acceptors (Lipinski definition) is 3. The summed E-state index contributed by atoms with van der Waals surface area (Å²) in [5.74, 6) is 3.40. The third-order valence-electron chi connectivity index (χ3n) is 12.0. The Morgan fingerprint density at radius 1 is 1.05 bits per heavy atom. The molecule has 4 aliphatic carbocycles. The van der Waals surface area contributed by atoms with Crippen LogP contribution in [0.3, 0.4) is 0 Å². The summed E-state index contributed by atoms with van der Waals surface area (Å²) < 4.78 is 6.18. The van der Waals surface area contributed by atoms with Crippen molar-refractivity contribution < 1.29 is 19.4 Å². The summed E-state index contributed by atoms with van der Waals surface area (Å²) in [6, 6.07) is 0. The van der Waals surface area contributed by atoms with E-state index in [1.54, 1.807) is 12.5 Å². The van der Waals surface area contributed by atoms with Gasteiger partial charge < -0.3 is 9.84 Å². The average Bonchev–Trinajstić information content (AvgIpc) is 3.23. The number of fused-ring (bicyclic) bond motifs is 5. The van der Waals surface area contributed by atoms with Crippen molar-refractivity contribution in [3.05, 3.63) is 11.6 Å². The van der Waals surface area contributed by atoms with Crippen LogP contribution in [-0.4, -0.2) is 29.6 Å². The van der Waals surface area contributed by atoms with E-state index in [2.05, 4.69) is 40.7 Å². The summed E-state index contributed by atoms with van der Waals surface area (Å²) in [4.78, 5) is 23.5. The van der Waals surface area contributed by atoms with Gasteiger partial charge in [-0.2, -0.15) is 0 Å². The van der Waals surface area contributed by atoms with Gasteiger partial charge in [-0.15, -0.1) is 0 Å². The zero-order valence-corrected chi connectivity index (χ0v) is 25.3. The van der Waals surface area contributed by atoms with Gasteiger partial charge in [0, 0.05) is 12.8 Å². The van der Waals surface area contributed by atoms with Gasteiger partial charge in [-0.25, -0.2) is 0 Å². The number of aliphatic carboxylic acids is 1. The molecule has 0 aromatic rings. The first-order valence-electron chi connectivity index (χ1n) is 16.0. The molecule has 1 N–H and O–H groups in total. The van der Waals surface area contributed by atoms with Crippen LogP contribution in [0.1, 0.15) is 125 Å². The quantitative estimate of drug-likeness (QED) is 0.258. The molecule has 0 amide bonds. The van der Waals surface area contributed by atoms with Gasteiger partial charge in [0.2, 0.25) is 0 Å². The molecule has 216 valence electrons. The van der Waals surface area contributed by atoms with Gasteiger partial charge in [-0.3, -0.25) is 9.59 Å². The van der Waals surface area contributed by atoms with Gasteiger partial charge in [-0.05, 0) is 97.7 Å². The predicted molar refractivity (Wildman–Crippen MR) is 154 cm³/mol. The van der Waals surface area contributed by atoms with Crippen LogP contribution >= 0.6 is 0 Å². The lowest BCUT2D eigenvalue weighted by Gasteiger charge is -2.58. The van der Waals surface area contributed by atoms with E-state index < -0.39 is 11.9 Å². The van der Waals surface area contributed by atoms with Crippen molar-refractivity contribution in [1.82, 2.24) is 0 Å². The lowest BCUT2D eigenvalue weighted by Crippen LogP contribution is -2.51. The summed E-state index contributed by atoms with van der Waals surface area (Å²) in [6.45, 7) is 14.4. The van der Waals surface area contributed by atoms with Crippen molar-refractivity contribution in [2.75, 3.05) is 6.61 Å². The van der Waals surface area contributed by atoms with Gasteiger partial charge in [0.05, 0.1) is 18.6 Å². The number of ether oxygens (including phenoxy) is 1. The number of ketones is 1. The Balaban J connectivity index is 1.39. The second kappa shape index (κ2) is 12.1. The Kier molecular flexibility index (Phi) is 9.53. The first-order valence-corrected chi connectivity index (χ1v) is 16.0. The second-order valence-corrected chi connectivity index (χ2v) is 14.6. The molecule has 4 heteroatoms. The molecule has 3 fully saturated rings. The lowest BCUT2D eigenvalue weighted by molar-refractivity contribution is -0.147. The summed E-state index contributed by atoms with van der Waals surface area (Å²) in [6.07, 6.45) is 17.2. The predicted octanol–water partition coefficient (Wildman–Crippen LogP) is 8.48. The summed E-state index contributed by atoms with van der Waals surface area (Å²) in [7, 11) is 0. The van der Waals surface area contributed by atoms with E-state index in [4.69, 9.17) is 4.74 Å². The van der Waals surface area contributed by atoms with Crippen LogP contribution in [-0.2, 0) is 14.3 Å². The molecule has 4 rings (SSSR count). The highest BCUT2D eigenvalue weighted by Gasteiger charge is 2.59. The van der Waals surface area contributed by atoms with Crippen LogP contribution in [0.5, 0.6) is 0 Å². The van der Waals surface area contributed by atoms with Gasteiger partial charge >= 0.3 is 5.97 Å². The molecule has 0 aliphatic heterocycles. The molecule has 0 bridgehead atoms. The van der Waals surface area contributed by atoms with Crippen molar-refractivity contribution in [1.29, 1.82) is 0 Å². The van der Waals surface area contributed by atoms with Crippen molar-refractivity contribution >= 4 is 11.8 Å². The average molecular weight is 529 g/mol. The number of carboxylic acids is 1. The number of allylic oxidation sites excluding steroid dienone is 1. The number of Topliss-reactive ketones (excluding diaryl/α,β-unsaturated/α-hetero) is 1. The van der Waals surface area contributed by atoms with Gasteiger partial charge in [0.25, 0.3) is 0 Å². The molecule has 0 aromatic heterocycles. The Morgan fingerprint density at radius 2 is 1.82 bits per heavy atom. The first kappa shape index (κ1) is 29.8. The van der Waals surface area contributed by atoms with E-state index in [0.717, 1.165) is 54.8 Å². The number of hydrogen-bond donors (Lipinski definition) is 1. The third-order valence-corrected chi connectivity index (χ3v) is 12.0. The summed E-state index contributed by atoms with van der Waals surface area (Å²) in [5.41, 5.74) is 2.36. The van der Waals surface area contributed by atoms with Gasteiger partial charge in [0.1, 0.15) is 5.78 Å². The Hall–Kier alpha value is -1.16.